The Morgan fingerprint density at radius 1 is 1.18 bits per heavy atom. The minimum Gasteiger partial charge on any atom is -0.360 e. The Labute approximate surface area is 130 Å². The molecule has 0 unspecified atom stereocenters. The zero-order chi connectivity index (χ0) is 16.2. The minimum atomic E-state index is -4.46. The van der Waals surface area contributed by atoms with Crippen LogP contribution >= 0.6 is 12.2 Å². The summed E-state index contributed by atoms with van der Waals surface area (Å²) in [5.41, 5.74) is 3.01. The third-order valence-electron chi connectivity index (χ3n) is 2.79. The Morgan fingerprint density at radius 2 is 1.91 bits per heavy atom. The maximum absolute atomic E-state index is 12.9. The van der Waals surface area contributed by atoms with Crippen molar-refractivity contribution in [2.75, 3.05) is 5.32 Å². The summed E-state index contributed by atoms with van der Waals surface area (Å²) in [6.07, 6.45) is -2.72. The van der Waals surface area contributed by atoms with Crippen molar-refractivity contribution in [1.29, 1.82) is 0 Å². The normalized spacial score (nSPS) is 12.1. The summed E-state index contributed by atoms with van der Waals surface area (Å²) in [4.78, 5) is 2.96. The van der Waals surface area contributed by atoms with Crippen molar-refractivity contribution in [2.24, 2.45) is 5.10 Å². The van der Waals surface area contributed by atoms with Crippen LogP contribution in [0.2, 0.25) is 0 Å². The van der Waals surface area contributed by atoms with Gasteiger partial charge in [-0.25, -0.2) is 0 Å². The highest BCUT2D eigenvalue weighted by Gasteiger charge is 2.33. The first-order valence-corrected chi connectivity index (χ1v) is 6.70. The number of nitrogens with zero attached hydrogens (tertiary/aromatic N) is 1. The van der Waals surface area contributed by atoms with Crippen LogP contribution in [0.5, 0.6) is 0 Å². The van der Waals surface area contributed by atoms with Crippen molar-refractivity contribution >= 4 is 28.7 Å². The monoisotopic (exact) mass is 326 g/mol. The predicted octanol–water partition coefficient (Wildman–Crippen LogP) is 3.74. The van der Waals surface area contributed by atoms with Crippen LogP contribution in [0.25, 0.3) is 0 Å². The lowest BCUT2D eigenvalue weighted by atomic mass is 10.2. The number of hydrogen-bond donors (Lipinski definition) is 3. The number of H-pyrrole nitrogens is 1. The number of rotatable bonds is 3. The molecule has 0 spiro atoms. The highest BCUT2D eigenvalue weighted by molar-refractivity contribution is 7.80. The average Bonchev–Trinajstić information content (AvgIpc) is 2.98. The Balaban J connectivity index is 2.06. The molecule has 2 rings (SSSR count). The van der Waals surface area contributed by atoms with E-state index >= 15 is 0 Å². The lowest BCUT2D eigenvalue weighted by Crippen LogP contribution is -2.26. The molecule has 0 saturated heterocycles. The fraction of sp³-hybridized carbons (Fsp3) is 0.143. The molecule has 8 heteroatoms. The highest BCUT2D eigenvalue weighted by Crippen LogP contribution is 2.34. The first-order chi connectivity index (χ1) is 10.4. The molecule has 0 saturated carbocycles. The minimum absolute atomic E-state index is 0.0254. The molecule has 0 aliphatic rings. The molecule has 116 valence electrons. The number of thiocarbonyl (C=S) groups is 1. The van der Waals surface area contributed by atoms with Gasteiger partial charge in [0.25, 0.3) is 0 Å². The van der Waals surface area contributed by atoms with Gasteiger partial charge in [0.1, 0.15) is 0 Å². The van der Waals surface area contributed by atoms with Gasteiger partial charge in [-0.15, -0.1) is 0 Å². The molecule has 0 bridgehead atoms. The summed E-state index contributed by atoms with van der Waals surface area (Å²) in [6, 6.07) is 8.73. The Hall–Kier alpha value is -2.35. The third kappa shape index (κ3) is 4.08. The van der Waals surface area contributed by atoms with Gasteiger partial charge in [0, 0.05) is 6.20 Å². The molecule has 0 amide bonds. The molecule has 2 aromatic rings. The summed E-state index contributed by atoms with van der Waals surface area (Å²) < 4.78 is 38.6. The van der Waals surface area contributed by atoms with Gasteiger partial charge >= 0.3 is 6.18 Å². The average molecular weight is 326 g/mol. The molecule has 0 atom stereocenters. The van der Waals surface area contributed by atoms with Crippen molar-refractivity contribution in [2.45, 2.75) is 13.1 Å². The standard InChI is InChI=1S/C14H13F3N4S/c1-9(11-7-4-8-18-11)20-21-13(22)19-12-6-3-2-5-10(12)14(15,16)17/h2-8,18H,1H3,(H2,19,21,22)/b20-9+. The van der Waals surface area contributed by atoms with Gasteiger partial charge in [-0.1, -0.05) is 12.1 Å². The first-order valence-electron chi connectivity index (χ1n) is 6.29. The summed E-state index contributed by atoms with van der Waals surface area (Å²) >= 11 is 4.96. The molecule has 22 heavy (non-hydrogen) atoms. The van der Waals surface area contributed by atoms with Gasteiger partial charge in [0.05, 0.1) is 22.7 Å². The molecule has 4 nitrogen and oxygen atoms in total. The van der Waals surface area contributed by atoms with E-state index in [9.17, 15) is 13.2 Å². The molecular weight excluding hydrogens is 313 g/mol. The molecule has 0 aliphatic carbocycles. The van der Waals surface area contributed by atoms with Crippen LogP contribution in [-0.4, -0.2) is 15.8 Å². The van der Waals surface area contributed by atoms with Crippen LogP contribution in [0, 0.1) is 0 Å². The van der Waals surface area contributed by atoms with Crippen molar-refractivity contribution < 1.29 is 13.2 Å². The number of alkyl halides is 3. The van der Waals surface area contributed by atoms with E-state index in [1.807, 2.05) is 12.1 Å². The number of para-hydroxylation sites is 1. The quantitative estimate of drug-likeness (QED) is 0.457. The summed E-state index contributed by atoms with van der Waals surface area (Å²) in [5, 5.41) is 6.48. The van der Waals surface area contributed by atoms with Crippen molar-refractivity contribution in [3.05, 3.63) is 53.9 Å². The van der Waals surface area contributed by atoms with E-state index in [1.165, 1.54) is 18.2 Å². The van der Waals surface area contributed by atoms with E-state index < -0.39 is 11.7 Å². The zero-order valence-electron chi connectivity index (χ0n) is 11.5. The SMILES string of the molecule is C/C(=N\NC(=S)Nc1ccccc1C(F)(F)F)c1ccc[nH]1. The molecule has 3 N–H and O–H groups in total. The fourth-order valence-corrected chi connectivity index (χ4v) is 1.90. The number of aromatic amines is 1. The fourth-order valence-electron chi connectivity index (χ4n) is 1.74. The molecule has 1 aromatic heterocycles. The maximum atomic E-state index is 12.9. The molecule has 0 aliphatic heterocycles. The van der Waals surface area contributed by atoms with E-state index in [4.69, 9.17) is 12.2 Å². The maximum Gasteiger partial charge on any atom is 0.418 e. The molecular formula is C14H13F3N4S. The smallest absolute Gasteiger partial charge is 0.360 e. The summed E-state index contributed by atoms with van der Waals surface area (Å²) in [7, 11) is 0. The second-order valence-corrected chi connectivity index (χ2v) is 4.80. The van der Waals surface area contributed by atoms with Crippen LogP contribution in [0.3, 0.4) is 0 Å². The number of hydrogen-bond acceptors (Lipinski definition) is 2. The van der Waals surface area contributed by atoms with E-state index in [2.05, 4.69) is 20.8 Å². The lowest BCUT2D eigenvalue weighted by Gasteiger charge is -2.14. The summed E-state index contributed by atoms with van der Waals surface area (Å²) in [5.74, 6) is 0. The van der Waals surface area contributed by atoms with Crippen LogP contribution in [0.15, 0.2) is 47.7 Å². The number of anilines is 1. The zero-order valence-corrected chi connectivity index (χ0v) is 12.3. The van der Waals surface area contributed by atoms with Crippen LogP contribution < -0.4 is 10.7 Å². The number of aromatic nitrogens is 1. The van der Waals surface area contributed by atoms with Gasteiger partial charge in [0.15, 0.2) is 5.11 Å². The predicted molar refractivity (Wildman–Crippen MR) is 83.8 cm³/mol. The second kappa shape index (κ2) is 6.61. The van der Waals surface area contributed by atoms with Gasteiger partial charge in [-0.2, -0.15) is 18.3 Å². The largest absolute Gasteiger partial charge is 0.418 e. The number of halogens is 3. The Bertz CT molecular complexity index is 678. The molecule has 1 heterocycles. The van der Waals surface area contributed by atoms with Gasteiger partial charge in [-0.3, -0.25) is 5.43 Å². The second-order valence-electron chi connectivity index (χ2n) is 4.39. The van der Waals surface area contributed by atoms with Crippen LogP contribution in [0.4, 0.5) is 18.9 Å². The number of benzene rings is 1. The highest BCUT2D eigenvalue weighted by atomic mass is 32.1. The van der Waals surface area contributed by atoms with Crippen molar-refractivity contribution in [3.63, 3.8) is 0 Å². The number of nitrogens with one attached hydrogen (secondary N) is 3. The van der Waals surface area contributed by atoms with Gasteiger partial charge < -0.3 is 10.3 Å². The van der Waals surface area contributed by atoms with Crippen molar-refractivity contribution in [1.82, 2.24) is 10.4 Å². The first kappa shape index (κ1) is 16.0. The Morgan fingerprint density at radius 3 is 2.55 bits per heavy atom. The van der Waals surface area contributed by atoms with Crippen LogP contribution in [0.1, 0.15) is 18.2 Å². The number of hydrazone groups is 1. The lowest BCUT2D eigenvalue weighted by molar-refractivity contribution is -0.136. The molecule has 1 aromatic carbocycles. The van der Waals surface area contributed by atoms with Gasteiger partial charge in [-0.05, 0) is 43.4 Å². The molecule has 0 radical (unpaired) electrons. The van der Waals surface area contributed by atoms with E-state index in [1.54, 1.807) is 13.1 Å². The topological polar surface area (TPSA) is 52.2 Å². The Kier molecular flexibility index (Phi) is 4.81. The third-order valence-corrected chi connectivity index (χ3v) is 2.99. The summed E-state index contributed by atoms with van der Waals surface area (Å²) in [6.45, 7) is 1.74. The van der Waals surface area contributed by atoms with Gasteiger partial charge in [0.2, 0.25) is 0 Å². The van der Waals surface area contributed by atoms with E-state index in [0.717, 1.165) is 11.8 Å². The van der Waals surface area contributed by atoms with E-state index in [0.29, 0.717) is 5.71 Å². The van der Waals surface area contributed by atoms with Crippen LogP contribution in [-0.2, 0) is 6.18 Å². The molecule has 0 fully saturated rings. The van der Waals surface area contributed by atoms with E-state index in [-0.39, 0.29) is 10.8 Å². The van der Waals surface area contributed by atoms with Crippen molar-refractivity contribution in [3.8, 4) is 0 Å².